The van der Waals surface area contributed by atoms with Crippen LogP contribution in [0.25, 0.3) is 0 Å². The highest BCUT2D eigenvalue weighted by molar-refractivity contribution is 6.31. The zero-order chi connectivity index (χ0) is 19.4. The minimum Gasteiger partial charge on any atom is -0.339 e. The van der Waals surface area contributed by atoms with E-state index in [-0.39, 0.29) is 16.5 Å². The second kappa shape index (κ2) is 7.92. The summed E-state index contributed by atoms with van der Waals surface area (Å²) in [6.45, 7) is 1.47. The number of aromatic nitrogens is 2. The molecule has 0 spiro atoms. The summed E-state index contributed by atoms with van der Waals surface area (Å²) >= 11 is 5.73. The predicted molar refractivity (Wildman–Crippen MR) is 101 cm³/mol. The number of carbonyl (C=O) groups is 2. The standard InChI is InChI=1S/C19H14ClFN4O2/c1-11(26)12-2-4-13(5-3-12)23-19(27)17-8-9-18(25-24-17)22-14-6-7-16(21)15(20)10-14/h2-10H,1H3,(H,22,25)(H,23,27). The highest BCUT2D eigenvalue weighted by Crippen LogP contribution is 2.21. The summed E-state index contributed by atoms with van der Waals surface area (Å²) in [7, 11) is 0. The molecule has 0 aliphatic heterocycles. The molecule has 0 bridgehead atoms. The second-order valence-corrected chi connectivity index (χ2v) is 6.05. The number of rotatable bonds is 5. The molecule has 6 nitrogen and oxygen atoms in total. The van der Waals surface area contributed by atoms with Gasteiger partial charge in [0.25, 0.3) is 5.91 Å². The number of hydrogen-bond acceptors (Lipinski definition) is 5. The van der Waals surface area contributed by atoms with Crippen LogP contribution >= 0.6 is 11.6 Å². The number of benzene rings is 2. The number of nitrogens with one attached hydrogen (secondary N) is 2. The highest BCUT2D eigenvalue weighted by atomic mass is 35.5. The number of amides is 1. The summed E-state index contributed by atoms with van der Waals surface area (Å²) in [5.41, 5.74) is 1.76. The fraction of sp³-hybridized carbons (Fsp3) is 0.0526. The van der Waals surface area contributed by atoms with Gasteiger partial charge < -0.3 is 10.6 Å². The first-order chi connectivity index (χ1) is 12.9. The SMILES string of the molecule is CC(=O)c1ccc(NC(=O)c2ccc(Nc3ccc(F)c(Cl)c3)nn2)cc1. The van der Waals surface area contributed by atoms with Crippen molar-refractivity contribution in [2.45, 2.75) is 6.92 Å². The Hall–Kier alpha value is -3.32. The summed E-state index contributed by atoms with van der Waals surface area (Å²) in [5.74, 6) is -0.629. The van der Waals surface area contributed by atoms with Crippen LogP contribution < -0.4 is 10.6 Å². The lowest BCUT2D eigenvalue weighted by Gasteiger charge is -2.07. The Morgan fingerprint density at radius 1 is 0.963 bits per heavy atom. The van der Waals surface area contributed by atoms with E-state index in [4.69, 9.17) is 11.6 Å². The van der Waals surface area contributed by atoms with Crippen molar-refractivity contribution in [1.29, 1.82) is 0 Å². The van der Waals surface area contributed by atoms with E-state index in [2.05, 4.69) is 20.8 Å². The number of Topliss-reactive ketones (excluding diaryl/α,β-unsaturated/α-hetero) is 1. The molecular formula is C19H14ClFN4O2. The molecule has 3 rings (SSSR count). The van der Waals surface area contributed by atoms with Gasteiger partial charge in [-0.2, -0.15) is 0 Å². The Bertz CT molecular complexity index is 992. The van der Waals surface area contributed by atoms with Crippen molar-refractivity contribution in [3.63, 3.8) is 0 Å². The Balaban J connectivity index is 1.66. The third-order valence-corrected chi connectivity index (χ3v) is 3.93. The molecule has 2 aromatic carbocycles. The molecular weight excluding hydrogens is 371 g/mol. The van der Waals surface area contributed by atoms with Gasteiger partial charge in [0, 0.05) is 16.9 Å². The van der Waals surface area contributed by atoms with Crippen LogP contribution in [0.3, 0.4) is 0 Å². The van der Waals surface area contributed by atoms with Crippen LogP contribution in [0.2, 0.25) is 5.02 Å². The fourth-order valence-electron chi connectivity index (χ4n) is 2.23. The lowest BCUT2D eigenvalue weighted by molar-refractivity contribution is 0.101. The number of hydrogen-bond donors (Lipinski definition) is 2. The largest absolute Gasteiger partial charge is 0.339 e. The molecule has 0 saturated heterocycles. The maximum absolute atomic E-state index is 13.2. The van der Waals surface area contributed by atoms with Crippen LogP contribution in [0.5, 0.6) is 0 Å². The first-order valence-corrected chi connectivity index (χ1v) is 8.28. The first-order valence-electron chi connectivity index (χ1n) is 7.90. The fourth-order valence-corrected chi connectivity index (χ4v) is 2.41. The molecule has 0 aliphatic rings. The van der Waals surface area contributed by atoms with Crippen molar-refractivity contribution < 1.29 is 14.0 Å². The first kappa shape index (κ1) is 18.5. The van der Waals surface area contributed by atoms with E-state index in [1.54, 1.807) is 30.3 Å². The van der Waals surface area contributed by atoms with E-state index in [9.17, 15) is 14.0 Å². The van der Waals surface area contributed by atoms with Crippen LogP contribution in [0.1, 0.15) is 27.8 Å². The maximum atomic E-state index is 13.2. The minimum atomic E-state index is -0.517. The molecule has 0 unspecified atom stereocenters. The van der Waals surface area contributed by atoms with E-state index in [0.717, 1.165) is 0 Å². The zero-order valence-electron chi connectivity index (χ0n) is 14.2. The Labute approximate surface area is 159 Å². The van der Waals surface area contributed by atoms with E-state index in [0.29, 0.717) is 22.8 Å². The summed E-state index contributed by atoms with van der Waals surface area (Å²) in [5, 5.41) is 13.4. The highest BCUT2D eigenvalue weighted by Gasteiger charge is 2.10. The number of halogens is 2. The molecule has 1 aromatic heterocycles. The minimum absolute atomic E-state index is 0.0141. The number of anilines is 3. The van der Waals surface area contributed by atoms with Crippen LogP contribution in [0.4, 0.5) is 21.6 Å². The average molecular weight is 385 g/mol. The van der Waals surface area contributed by atoms with E-state index < -0.39 is 11.7 Å². The number of nitrogens with zero attached hydrogens (tertiary/aromatic N) is 2. The van der Waals surface area contributed by atoms with Crippen molar-refractivity contribution >= 4 is 40.5 Å². The van der Waals surface area contributed by atoms with Crippen molar-refractivity contribution in [2.24, 2.45) is 0 Å². The molecule has 0 saturated carbocycles. The second-order valence-electron chi connectivity index (χ2n) is 5.65. The van der Waals surface area contributed by atoms with E-state index in [1.807, 2.05) is 0 Å². The Morgan fingerprint density at radius 2 is 1.67 bits per heavy atom. The van der Waals surface area contributed by atoms with Crippen LogP contribution in [0, 0.1) is 5.82 Å². The van der Waals surface area contributed by atoms with E-state index >= 15 is 0 Å². The molecule has 0 atom stereocenters. The normalized spacial score (nSPS) is 10.3. The maximum Gasteiger partial charge on any atom is 0.276 e. The van der Waals surface area contributed by atoms with Crippen molar-refractivity contribution in [2.75, 3.05) is 10.6 Å². The molecule has 3 aromatic rings. The summed E-state index contributed by atoms with van der Waals surface area (Å²) in [6, 6.07) is 13.8. The van der Waals surface area contributed by atoms with Gasteiger partial charge in [0.1, 0.15) is 5.82 Å². The van der Waals surface area contributed by atoms with E-state index in [1.165, 1.54) is 31.2 Å². The van der Waals surface area contributed by atoms with Gasteiger partial charge in [0.2, 0.25) is 0 Å². The van der Waals surface area contributed by atoms with Crippen molar-refractivity contribution in [3.05, 3.63) is 76.7 Å². The summed E-state index contributed by atoms with van der Waals surface area (Å²) < 4.78 is 13.2. The van der Waals surface area contributed by atoms with Crippen LogP contribution in [-0.2, 0) is 0 Å². The molecule has 136 valence electrons. The smallest absolute Gasteiger partial charge is 0.276 e. The zero-order valence-corrected chi connectivity index (χ0v) is 14.9. The summed E-state index contributed by atoms with van der Waals surface area (Å²) in [4.78, 5) is 23.5. The van der Waals surface area contributed by atoms with Gasteiger partial charge in [-0.15, -0.1) is 10.2 Å². The van der Waals surface area contributed by atoms with Gasteiger partial charge in [-0.3, -0.25) is 9.59 Å². The van der Waals surface area contributed by atoms with Gasteiger partial charge in [-0.25, -0.2) is 4.39 Å². The van der Waals surface area contributed by atoms with Gasteiger partial charge >= 0.3 is 0 Å². The number of ketones is 1. The molecule has 1 heterocycles. The topological polar surface area (TPSA) is 84.0 Å². The van der Waals surface area contributed by atoms with Gasteiger partial charge in [0.15, 0.2) is 17.3 Å². The predicted octanol–water partition coefficient (Wildman–Crippen LogP) is 4.47. The van der Waals surface area contributed by atoms with Crippen LogP contribution in [0.15, 0.2) is 54.6 Å². The molecule has 0 fully saturated rings. The summed E-state index contributed by atoms with van der Waals surface area (Å²) in [6.07, 6.45) is 0. The lowest BCUT2D eigenvalue weighted by atomic mass is 10.1. The average Bonchev–Trinajstić information content (AvgIpc) is 2.66. The van der Waals surface area contributed by atoms with Gasteiger partial charge in [-0.05, 0) is 61.5 Å². The Morgan fingerprint density at radius 3 is 2.26 bits per heavy atom. The number of carbonyl (C=O) groups excluding carboxylic acids is 2. The van der Waals surface area contributed by atoms with Gasteiger partial charge in [0.05, 0.1) is 5.02 Å². The van der Waals surface area contributed by atoms with Crippen LogP contribution in [-0.4, -0.2) is 21.9 Å². The monoisotopic (exact) mass is 384 g/mol. The molecule has 1 amide bonds. The third kappa shape index (κ3) is 4.65. The third-order valence-electron chi connectivity index (χ3n) is 3.64. The molecule has 2 N–H and O–H groups in total. The molecule has 0 radical (unpaired) electrons. The lowest BCUT2D eigenvalue weighted by Crippen LogP contribution is -2.14. The molecule has 0 aliphatic carbocycles. The Kier molecular flexibility index (Phi) is 5.42. The molecule has 8 heteroatoms. The van der Waals surface area contributed by atoms with Crippen molar-refractivity contribution in [3.8, 4) is 0 Å². The van der Waals surface area contributed by atoms with Crippen molar-refractivity contribution in [1.82, 2.24) is 10.2 Å². The quantitative estimate of drug-likeness (QED) is 0.634. The van der Waals surface area contributed by atoms with Gasteiger partial charge in [-0.1, -0.05) is 11.6 Å². The molecule has 27 heavy (non-hydrogen) atoms.